The molecule has 0 unspecified atom stereocenters. The molecule has 0 radical (unpaired) electrons. The zero-order chi connectivity index (χ0) is 18.6. The highest BCUT2D eigenvalue weighted by atomic mass is 79.9. The number of halogens is 1. The predicted octanol–water partition coefficient (Wildman–Crippen LogP) is 5.52. The van der Waals surface area contributed by atoms with Gasteiger partial charge in [0.25, 0.3) is 8.32 Å². The summed E-state index contributed by atoms with van der Waals surface area (Å²) < 4.78 is 7.23. The van der Waals surface area contributed by atoms with Crippen molar-refractivity contribution >= 4 is 34.6 Å². The van der Waals surface area contributed by atoms with Gasteiger partial charge in [0.2, 0.25) is 0 Å². The summed E-state index contributed by atoms with van der Waals surface area (Å²) in [6.07, 6.45) is 5.28. The molecule has 0 amide bonds. The van der Waals surface area contributed by atoms with Crippen molar-refractivity contribution in [1.29, 1.82) is 0 Å². The highest BCUT2D eigenvalue weighted by Crippen LogP contribution is 2.39. The van der Waals surface area contributed by atoms with Gasteiger partial charge in [-0.2, -0.15) is 0 Å². The minimum Gasteiger partial charge on any atom is -0.404 e. The summed E-state index contributed by atoms with van der Waals surface area (Å²) in [5.74, 6) is 0.814. The number of hydrogen-bond donors (Lipinski definition) is 0. The molecule has 0 saturated heterocycles. The van der Waals surface area contributed by atoms with Gasteiger partial charge in [-0.25, -0.2) is 0 Å². The van der Waals surface area contributed by atoms with E-state index in [1.165, 1.54) is 36.1 Å². The second kappa shape index (κ2) is 8.41. The topological polar surface area (TPSA) is 9.23 Å². The fourth-order valence-corrected chi connectivity index (χ4v) is 9.74. The Labute approximate surface area is 168 Å². The largest absolute Gasteiger partial charge is 0.404 e. The van der Waals surface area contributed by atoms with E-state index in [-0.39, 0.29) is 5.04 Å². The average molecular weight is 431 g/mol. The molecule has 3 rings (SSSR count). The zero-order valence-electron chi connectivity index (χ0n) is 16.2. The normalized spacial score (nSPS) is 21.5. The summed E-state index contributed by atoms with van der Waals surface area (Å²) >= 11 is 3.67. The second-order valence-corrected chi connectivity index (χ2v) is 13.5. The van der Waals surface area contributed by atoms with Crippen molar-refractivity contribution in [3.63, 3.8) is 0 Å². The summed E-state index contributed by atoms with van der Waals surface area (Å²) in [5, 5.41) is 3.98. The molecule has 140 valence electrons. The van der Waals surface area contributed by atoms with E-state index >= 15 is 0 Å². The van der Waals surface area contributed by atoms with Gasteiger partial charge in [0.15, 0.2) is 0 Å². The quantitative estimate of drug-likeness (QED) is 0.448. The molecule has 1 saturated carbocycles. The standard InChI is InChI=1S/C23H31BrOSi/c1-23(2,3)26(21-10-6-4-7-11-21,22-12-8-5-9-13-22)25-20-16-14-19(18-24)15-17-20/h4-13,19-20H,14-18H2,1-3H3. The van der Waals surface area contributed by atoms with Crippen molar-refractivity contribution in [2.24, 2.45) is 5.92 Å². The van der Waals surface area contributed by atoms with Crippen LogP contribution in [0.25, 0.3) is 0 Å². The zero-order valence-corrected chi connectivity index (χ0v) is 18.8. The van der Waals surface area contributed by atoms with Crippen LogP contribution in [0.3, 0.4) is 0 Å². The second-order valence-electron chi connectivity index (χ2n) is 8.58. The maximum Gasteiger partial charge on any atom is 0.261 e. The Morgan fingerprint density at radius 1 is 0.846 bits per heavy atom. The number of alkyl halides is 1. The van der Waals surface area contributed by atoms with Crippen LogP contribution >= 0.6 is 15.9 Å². The SMILES string of the molecule is CC(C)(C)[Si](OC1CCC(CBr)CC1)(c1ccccc1)c1ccccc1. The Morgan fingerprint density at radius 3 is 1.69 bits per heavy atom. The Hall–Kier alpha value is -0.903. The monoisotopic (exact) mass is 430 g/mol. The molecule has 0 heterocycles. The van der Waals surface area contributed by atoms with Crippen LogP contribution in [0, 0.1) is 5.92 Å². The van der Waals surface area contributed by atoms with Crippen LogP contribution in [0.2, 0.25) is 5.04 Å². The minimum absolute atomic E-state index is 0.0714. The molecule has 0 atom stereocenters. The molecule has 0 aromatic heterocycles. The van der Waals surface area contributed by atoms with Crippen LogP contribution in [0.15, 0.2) is 60.7 Å². The molecule has 3 heteroatoms. The summed E-state index contributed by atoms with van der Waals surface area (Å²) in [6, 6.07) is 22.0. The first-order valence-electron chi connectivity index (χ1n) is 9.82. The summed E-state index contributed by atoms with van der Waals surface area (Å²) in [5.41, 5.74) is 0. The van der Waals surface area contributed by atoms with Gasteiger partial charge in [0.05, 0.1) is 0 Å². The molecule has 2 aromatic rings. The molecular weight excluding hydrogens is 400 g/mol. The van der Waals surface area contributed by atoms with Crippen molar-refractivity contribution in [3.05, 3.63) is 60.7 Å². The van der Waals surface area contributed by atoms with Crippen LogP contribution in [0.4, 0.5) is 0 Å². The number of hydrogen-bond acceptors (Lipinski definition) is 1. The Balaban J connectivity index is 2.04. The van der Waals surface area contributed by atoms with Crippen LogP contribution in [-0.4, -0.2) is 19.8 Å². The van der Waals surface area contributed by atoms with E-state index in [0.29, 0.717) is 6.10 Å². The van der Waals surface area contributed by atoms with Crippen LogP contribution < -0.4 is 10.4 Å². The Morgan fingerprint density at radius 2 is 1.31 bits per heavy atom. The number of rotatable bonds is 5. The third-order valence-corrected chi connectivity index (χ3v) is 11.8. The van der Waals surface area contributed by atoms with Crippen LogP contribution in [0.1, 0.15) is 46.5 Å². The lowest BCUT2D eigenvalue weighted by atomic mass is 9.89. The van der Waals surface area contributed by atoms with Gasteiger partial charge in [-0.3, -0.25) is 0 Å². The highest BCUT2D eigenvalue weighted by molar-refractivity contribution is 9.09. The van der Waals surface area contributed by atoms with E-state index in [9.17, 15) is 0 Å². The molecule has 1 nitrogen and oxygen atoms in total. The first-order valence-corrected chi connectivity index (χ1v) is 12.8. The van der Waals surface area contributed by atoms with E-state index in [1.807, 2.05) is 0 Å². The molecule has 0 spiro atoms. The van der Waals surface area contributed by atoms with Gasteiger partial charge in [0.1, 0.15) is 0 Å². The molecule has 0 bridgehead atoms. The average Bonchev–Trinajstić information content (AvgIpc) is 2.67. The summed E-state index contributed by atoms with van der Waals surface area (Å²) in [4.78, 5) is 0. The first-order chi connectivity index (χ1) is 12.5. The molecule has 0 aliphatic heterocycles. The Kier molecular flexibility index (Phi) is 6.42. The predicted molar refractivity (Wildman–Crippen MR) is 118 cm³/mol. The van der Waals surface area contributed by atoms with Crippen LogP contribution in [-0.2, 0) is 4.43 Å². The molecule has 2 aromatic carbocycles. The van der Waals surface area contributed by atoms with E-state index in [2.05, 4.69) is 97.4 Å². The molecule has 1 aliphatic carbocycles. The van der Waals surface area contributed by atoms with Gasteiger partial charge in [-0.1, -0.05) is 97.4 Å². The van der Waals surface area contributed by atoms with E-state index < -0.39 is 8.32 Å². The lowest BCUT2D eigenvalue weighted by Crippen LogP contribution is -2.67. The van der Waals surface area contributed by atoms with Crippen molar-refractivity contribution in [1.82, 2.24) is 0 Å². The van der Waals surface area contributed by atoms with Crippen molar-refractivity contribution in [3.8, 4) is 0 Å². The van der Waals surface area contributed by atoms with Crippen molar-refractivity contribution in [2.75, 3.05) is 5.33 Å². The molecule has 1 aliphatic rings. The molecule has 1 fully saturated rings. The van der Waals surface area contributed by atoms with Crippen molar-refractivity contribution < 1.29 is 4.43 Å². The first kappa shape index (κ1) is 19.8. The smallest absolute Gasteiger partial charge is 0.261 e. The van der Waals surface area contributed by atoms with E-state index in [4.69, 9.17) is 4.43 Å². The van der Waals surface area contributed by atoms with E-state index in [1.54, 1.807) is 0 Å². The van der Waals surface area contributed by atoms with Gasteiger partial charge in [0, 0.05) is 11.4 Å². The van der Waals surface area contributed by atoms with Gasteiger partial charge < -0.3 is 4.43 Å². The van der Waals surface area contributed by atoms with Gasteiger partial charge >= 0.3 is 0 Å². The summed E-state index contributed by atoms with van der Waals surface area (Å²) in [7, 11) is -2.38. The third-order valence-electron chi connectivity index (χ3n) is 5.77. The van der Waals surface area contributed by atoms with Gasteiger partial charge in [-0.05, 0) is 47.0 Å². The fraction of sp³-hybridized carbons (Fsp3) is 0.478. The maximum absolute atomic E-state index is 7.23. The number of benzene rings is 2. The van der Waals surface area contributed by atoms with Crippen molar-refractivity contribution in [2.45, 2.75) is 57.6 Å². The third kappa shape index (κ3) is 4.00. The highest BCUT2D eigenvalue weighted by Gasteiger charge is 2.51. The van der Waals surface area contributed by atoms with Gasteiger partial charge in [-0.15, -0.1) is 0 Å². The maximum atomic E-state index is 7.23. The Bertz CT molecular complexity index is 633. The molecule has 26 heavy (non-hydrogen) atoms. The molecular formula is C23H31BrOSi. The van der Waals surface area contributed by atoms with Crippen LogP contribution in [0.5, 0.6) is 0 Å². The fourth-order valence-electron chi connectivity index (χ4n) is 4.35. The minimum atomic E-state index is -2.38. The lowest BCUT2D eigenvalue weighted by molar-refractivity contribution is 0.126. The lowest BCUT2D eigenvalue weighted by Gasteiger charge is -2.46. The summed E-state index contributed by atoms with van der Waals surface area (Å²) in [6.45, 7) is 7.09. The molecule has 0 N–H and O–H groups in total. The van der Waals surface area contributed by atoms with E-state index in [0.717, 1.165) is 11.2 Å².